The summed E-state index contributed by atoms with van der Waals surface area (Å²) in [5.74, 6) is 0.885. The van der Waals surface area contributed by atoms with Crippen molar-refractivity contribution in [3.05, 3.63) is 47.2 Å². The summed E-state index contributed by atoms with van der Waals surface area (Å²) < 4.78 is 6.30. The molecule has 0 amide bonds. The summed E-state index contributed by atoms with van der Waals surface area (Å²) in [6.07, 6.45) is 3.57. The average molecular weight is 296 g/mol. The van der Waals surface area contributed by atoms with Crippen LogP contribution in [0, 0.1) is 0 Å². The Kier molecular flexibility index (Phi) is 3.85. The van der Waals surface area contributed by atoms with Crippen LogP contribution in [-0.4, -0.2) is 12.1 Å². The van der Waals surface area contributed by atoms with Gasteiger partial charge in [-0.2, -0.15) is 0 Å². The van der Waals surface area contributed by atoms with Crippen LogP contribution < -0.4 is 4.74 Å². The maximum absolute atomic E-state index is 5.31. The molecule has 0 atom stereocenters. The quantitative estimate of drug-likeness (QED) is 0.854. The van der Waals surface area contributed by atoms with E-state index in [9.17, 15) is 0 Å². The van der Waals surface area contributed by atoms with E-state index >= 15 is 0 Å². The summed E-state index contributed by atoms with van der Waals surface area (Å²) >= 11 is 5.13. The zero-order valence-electron chi connectivity index (χ0n) is 8.68. The fourth-order valence-electron chi connectivity index (χ4n) is 1.27. The second-order valence-electron chi connectivity index (χ2n) is 3.06. The lowest BCUT2D eigenvalue weighted by molar-refractivity contribution is 0.405. The number of hydrogen-bond donors (Lipinski definition) is 0. The van der Waals surface area contributed by atoms with Crippen LogP contribution in [0.4, 0.5) is 0 Å². The summed E-state index contributed by atoms with van der Waals surface area (Å²) in [7, 11) is 1.68. The standard InChI is InChI=1S/C12H10BrNOS/c1-15-10-4-2-3-5-12(10)16-11-6-7-14-8-9(11)13/h2-8H,1H3. The lowest BCUT2D eigenvalue weighted by Crippen LogP contribution is -1.85. The number of rotatable bonds is 3. The Morgan fingerprint density at radius 3 is 2.75 bits per heavy atom. The summed E-state index contributed by atoms with van der Waals surface area (Å²) in [6.45, 7) is 0. The van der Waals surface area contributed by atoms with E-state index in [4.69, 9.17) is 4.74 Å². The maximum Gasteiger partial charge on any atom is 0.132 e. The third-order valence-electron chi connectivity index (χ3n) is 2.02. The fraction of sp³-hybridized carbons (Fsp3) is 0.0833. The Hall–Kier alpha value is -1.00. The van der Waals surface area contributed by atoms with E-state index in [-0.39, 0.29) is 0 Å². The van der Waals surface area contributed by atoms with Crippen LogP contribution in [0.5, 0.6) is 5.75 Å². The zero-order chi connectivity index (χ0) is 11.4. The topological polar surface area (TPSA) is 22.1 Å². The van der Waals surface area contributed by atoms with E-state index in [1.807, 2.05) is 30.3 Å². The summed E-state index contributed by atoms with van der Waals surface area (Å²) in [5, 5.41) is 0. The number of hydrogen-bond acceptors (Lipinski definition) is 3. The number of aromatic nitrogens is 1. The van der Waals surface area contributed by atoms with E-state index in [0.29, 0.717) is 0 Å². The molecule has 0 fully saturated rings. The van der Waals surface area contributed by atoms with E-state index in [2.05, 4.69) is 20.9 Å². The van der Waals surface area contributed by atoms with Gasteiger partial charge >= 0.3 is 0 Å². The van der Waals surface area contributed by atoms with Gasteiger partial charge in [0.05, 0.1) is 12.0 Å². The van der Waals surface area contributed by atoms with Crippen molar-refractivity contribution >= 4 is 27.7 Å². The number of pyridine rings is 1. The van der Waals surface area contributed by atoms with Gasteiger partial charge in [-0.15, -0.1) is 0 Å². The maximum atomic E-state index is 5.31. The molecule has 0 aliphatic heterocycles. The Balaban J connectivity index is 2.30. The second-order valence-corrected chi connectivity index (χ2v) is 5.00. The molecule has 2 rings (SSSR count). The normalized spacial score (nSPS) is 10.1. The smallest absolute Gasteiger partial charge is 0.132 e. The number of methoxy groups -OCH3 is 1. The monoisotopic (exact) mass is 295 g/mol. The average Bonchev–Trinajstić information content (AvgIpc) is 2.33. The van der Waals surface area contributed by atoms with E-state index in [1.54, 1.807) is 31.3 Å². The Labute approximate surface area is 107 Å². The van der Waals surface area contributed by atoms with Gasteiger partial charge in [0, 0.05) is 21.8 Å². The molecule has 0 saturated carbocycles. The van der Waals surface area contributed by atoms with Crippen LogP contribution in [0.25, 0.3) is 0 Å². The molecule has 82 valence electrons. The summed E-state index contributed by atoms with van der Waals surface area (Å²) in [6, 6.07) is 9.93. The van der Waals surface area contributed by atoms with Gasteiger partial charge < -0.3 is 4.74 Å². The predicted molar refractivity (Wildman–Crippen MR) is 69.1 cm³/mol. The van der Waals surface area contributed by atoms with Crippen LogP contribution in [0.15, 0.2) is 57.0 Å². The van der Waals surface area contributed by atoms with Gasteiger partial charge in [-0.1, -0.05) is 23.9 Å². The highest BCUT2D eigenvalue weighted by Gasteiger charge is 2.06. The lowest BCUT2D eigenvalue weighted by Gasteiger charge is -2.08. The number of halogens is 1. The molecule has 1 aromatic heterocycles. The first-order valence-corrected chi connectivity index (χ1v) is 6.32. The molecule has 0 unspecified atom stereocenters. The zero-order valence-corrected chi connectivity index (χ0v) is 11.1. The molecular formula is C12H10BrNOS. The summed E-state index contributed by atoms with van der Waals surface area (Å²) in [4.78, 5) is 6.26. The van der Waals surface area contributed by atoms with Crippen molar-refractivity contribution in [2.24, 2.45) is 0 Å². The molecule has 0 N–H and O–H groups in total. The highest BCUT2D eigenvalue weighted by molar-refractivity contribution is 9.10. The van der Waals surface area contributed by atoms with Gasteiger partial charge in [-0.05, 0) is 34.1 Å². The molecule has 16 heavy (non-hydrogen) atoms. The first kappa shape index (κ1) is 11.5. The fourth-order valence-corrected chi connectivity index (χ4v) is 2.67. The van der Waals surface area contributed by atoms with Crippen molar-refractivity contribution in [1.82, 2.24) is 4.98 Å². The first-order chi connectivity index (χ1) is 7.81. The van der Waals surface area contributed by atoms with Crippen molar-refractivity contribution in [3.8, 4) is 5.75 Å². The number of para-hydroxylation sites is 1. The van der Waals surface area contributed by atoms with Crippen molar-refractivity contribution in [1.29, 1.82) is 0 Å². The van der Waals surface area contributed by atoms with Gasteiger partial charge in [0.25, 0.3) is 0 Å². The summed E-state index contributed by atoms with van der Waals surface area (Å²) in [5.41, 5.74) is 0. The van der Waals surface area contributed by atoms with E-state index in [0.717, 1.165) is 20.0 Å². The van der Waals surface area contributed by atoms with Crippen LogP contribution in [0.2, 0.25) is 0 Å². The minimum Gasteiger partial charge on any atom is -0.496 e. The SMILES string of the molecule is COc1ccccc1Sc1ccncc1Br. The van der Waals surface area contributed by atoms with Crippen molar-refractivity contribution in [3.63, 3.8) is 0 Å². The molecule has 0 bridgehead atoms. The van der Waals surface area contributed by atoms with Crippen LogP contribution in [0.1, 0.15) is 0 Å². The minimum atomic E-state index is 0.885. The van der Waals surface area contributed by atoms with Crippen molar-refractivity contribution < 1.29 is 4.74 Å². The largest absolute Gasteiger partial charge is 0.496 e. The third kappa shape index (κ3) is 2.57. The van der Waals surface area contributed by atoms with Gasteiger partial charge in [-0.3, -0.25) is 4.98 Å². The molecular weight excluding hydrogens is 286 g/mol. The van der Waals surface area contributed by atoms with Crippen LogP contribution in [-0.2, 0) is 0 Å². The minimum absolute atomic E-state index is 0.885. The van der Waals surface area contributed by atoms with Crippen LogP contribution >= 0.6 is 27.7 Å². The van der Waals surface area contributed by atoms with Gasteiger partial charge in [0.2, 0.25) is 0 Å². The number of nitrogens with zero attached hydrogens (tertiary/aromatic N) is 1. The Morgan fingerprint density at radius 2 is 2.00 bits per heavy atom. The molecule has 4 heteroatoms. The van der Waals surface area contributed by atoms with E-state index < -0.39 is 0 Å². The molecule has 2 aromatic rings. The van der Waals surface area contributed by atoms with Crippen molar-refractivity contribution in [2.45, 2.75) is 9.79 Å². The molecule has 2 nitrogen and oxygen atoms in total. The van der Waals surface area contributed by atoms with E-state index in [1.165, 1.54) is 0 Å². The number of ether oxygens (including phenoxy) is 1. The van der Waals surface area contributed by atoms with Gasteiger partial charge in [-0.25, -0.2) is 0 Å². The second kappa shape index (κ2) is 5.37. The number of benzene rings is 1. The lowest BCUT2D eigenvalue weighted by atomic mass is 10.3. The van der Waals surface area contributed by atoms with Crippen molar-refractivity contribution in [2.75, 3.05) is 7.11 Å². The predicted octanol–water partition coefficient (Wildman–Crippen LogP) is 4.00. The highest BCUT2D eigenvalue weighted by atomic mass is 79.9. The Morgan fingerprint density at radius 1 is 1.19 bits per heavy atom. The molecule has 0 spiro atoms. The molecule has 1 heterocycles. The first-order valence-electron chi connectivity index (χ1n) is 4.71. The molecule has 0 radical (unpaired) electrons. The molecule has 1 aromatic carbocycles. The third-order valence-corrected chi connectivity index (χ3v) is 4.05. The highest BCUT2D eigenvalue weighted by Crippen LogP contribution is 2.37. The van der Waals surface area contributed by atoms with Gasteiger partial charge in [0.1, 0.15) is 5.75 Å². The Bertz CT molecular complexity index is 490. The van der Waals surface area contributed by atoms with Crippen LogP contribution in [0.3, 0.4) is 0 Å². The molecule has 0 aliphatic rings. The van der Waals surface area contributed by atoms with Gasteiger partial charge in [0.15, 0.2) is 0 Å². The molecule has 0 aliphatic carbocycles. The molecule has 0 saturated heterocycles.